The summed E-state index contributed by atoms with van der Waals surface area (Å²) in [7, 11) is 0. The van der Waals surface area contributed by atoms with Crippen molar-refractivity contribution >= 4 is 6.29 Å². The van der Waals surface area contributed by atoms with Crippen molar-refractivity contribution < 1.29 is 14.6 Å². The summed E-state index contributed by atoms with van der Waals surface area (Å²) in [6, 6.07) is 11.0. The maximum Gasteiger partial charge on any atom is 0.219 e. The van der Waals surface area contributed by atoms with E-state index in [2.05, 4.69) is 4.98 Å². The zero-order valence-electron chi connectivity index (χ0n) is 10.5. The monoisotopic (exact) mass is 257 g/mol. The number of pyridine rings is 1. The quantitative estimate of drug-likeness (QED) is 0.808. The Morgan fingerprint density at radius 3 is 2.53 bits per heavy atom. The zero-order valence-corrected chi connectivity index (χ0v) is 10.5. The lowest BCUT2D eigenvalue weighted by Crippen LogP contribution is -1.91. The van der Waals surface area contributed by atoms with Gasteiger partial charge in [-0.2, -0.15) is 0 Å². The molecule has 0 spiro atoms. The Kier molecular flexibility index (Phi) is 4.64. The van der Waals surface area contributed by atoms with Crippen LogP contribution in [0, 0.1) is 0 Å². The van der Waals surface area contributed by atoms with E-state index in [0.717, 1.165) is 24.7 Å². The normalized spacial score (nSPS) is 10.2. The van der Waals surface area contributed by atoms with Crippen molar-refractivity contribution in [3.05, 3.63) is 53.7 Å². The first-order valence-corrected chi connectivity index (χ1v) is 6.10. The average Bonchev–Trinajstić information content (AvgIpc) is 2.47. The van der Waals surface area contributed by atoms with Gasteiger partial charge in [-0.05, 0) is 36.6 Å². The topological polar surface area (TPSA) is 59.4 Å². The second-order valence-electron chi connectivity index (χ2n) is 4.12. The first-order valence-electron chi connectivity index (χ1n) is 6.10. The number of hydrogen-bond acceptors (Lipinski definition) is 4. The molecule has 4 heteroatoms. The second kappa shape index (κ2) is 6.66. The molecule has 0 saturated heterocycles. The van der Waals surface area contributed by atoms with Crippen LogP contribution in [0.1, 0.15) is 22.3 Å². The minimum absolute atomic E-state index is 0.200. The number of carbonyl (C=O) groups is 1. The third-order valence-electron chi connectivity index (χ3n) is 2.66. The SMILES string of the molecule is O=Cc1ccc(Oc2ccc(CCCO)cc2)nc1. The molecule has 0 bridgehead atoms. The van der Waals surface area contributed by atoms with Gasteiger partial charge in [0.1, 0.15) is 5.75 Å². The number of aldehydes is 1. The van der Waals surface area contributed by atoms with Gasteiger partial charge in [-0.25, -0.2) is 4.98 Å². The molecule has 0 aliphatic carbocycles. The maximum absolute atomic E-state index is 10.5. The summed E-state index contributed by atoms with van der Waals surface area (Å²) in [6.07, 6.45) is 3.82. The van der Waals surface area contributed by atoms with Gasteiger partial charge in [0.25, 0.3) is 0 Å². The summed E-state index contributed by atoms with van der Waals surface area (Å²) in [5.74, 6) is 1.15. The van der Waals surface area contributed by atoms with E-state index in [1.165, 1.54) is 6.20 Å². The van der Waals surface area contributed by atoms with Crippen LogP contribution >= 0.6 is 0 Å². The number of aliphatic hydroxyl groups excluding tert-OH is 1. The number of aliphatic hydroxyl groups is 1. The predicted octanol–water partition coefficient (Wildman–Crippen LogP) is 2.61. The van der Waals surface area contributed by atoms with Crippen LogP contribution in [0.4, 0.5) is 0 Å². The van der Waals surface area contributed by atoms with Crippen molar-refractivity contribution in [3.8, 4) is 11.6 Å². The Morgan fingerprint density at radius 2 is 1.95 bits per heavy atom. The summed E-state index contributed by atoms with van der Waals surface area (Å²) in [4.78, 5) is 14.5. The van der Waals surface area contributed by atoms with Crippen LogP contribution in [0.15, 0.2) is 42.6 Å². The number of carbonyl (C=O) groups excluding carboxylic acids is 1. The highest BCUT2D eigenvalue weighted by Gasteiger charge is 2.00. The number of benzene rings is 1. The second-order valence-corrected chi connectivity index (χ2v) is 4.12. The van der Waals surface area contributed by atoms with Crippen LogP contribution < -0.4 is 4.74 Å². The van der Waals surface area contributed by atoms with Crippen LogP contribution in [0.2, 0.25) is 0 Å². The molecule has 2 rings (SSSR count). The standard InChI is InChI=1S/C15H15NO3/c17-9-1-2-12-3-6-14(7-4-12)19-15-8-5-13(11-18)10-16-15/h3-8,10-11,17H,1-2,9H2. The van der Waals surface area contributed by atoms with Gasteiger partial charge in [-0.3, -0.25) is 4.79 Å². The van der Waals surface area contributed by atoms with Gasteiger partial charge < -0.3 is 9.84 Å². The number of ether oxygens (including phenoxy) is 1. The molecule has 4 nitrogen and oxygen atoms in total. The van der Waals surface area contributed by atoms with E-state index >= 15 is 0 Å². The lowest BCUT2D eigenvalue weighted by atomic mass is 10.1. The first-order chi connectivity index (χ1) is 9.31. The predicted molar refractivity (Wildman–Crippen MR) is 71.5 cm³/mol. The van der Waals surface area contributed by atoms with E-state index in [0.29, 0.717) is 17.2 Å². The zero-order chi connectivity index (χ0) is 13.5. The van der Waals surface area contributed by atoms with Crippen LogP contribution in [-0.2, 0) is 6.42 Å². The molecule has 1 N–H and O–H groups in total. The highest BCUT2D eigenvalue weighted by atomic mass is 16.5. The summed E-state index contributed by atoms with van der Waals surface area (Å²) >= 11 is 0. The highest BCUT2D eigenvalue weighted by molar-refractivity contribution is 5.74. The Balaban J connectivity index is 1.99. The molecule has 1 aromatic heterocycles. The molecular formula is C15H15NO3. The van der Waals surface area contributed by atoms with Crippen LogP contribution in [0.5, 0.6) is 11.6 Å². The van der Waals surface area contributed by atoms with Gasteiger partial charge in [0.2, 0.25) is 5.88 Å². The van der Waals surface area contributed by atoms with Gasteiger partial charge in [0.15, 0.2) is 6.29 Å². The van der Waals surface area contributed by atoms with E-state index in [-0.39, 0.29) is 6.61 Å². The van der Waals surface area contributed by atoms with Crippen molar-refractivity contribution in [1.82, 2.24) is 4.98 Å². The number of aromatic nitrogens is 1. The molecule has 1 heterocycles. The largest absolute Gasteiger partial charge is 0.439 e. The molecule has 0 radical (unpaired) electrons. The maximum atomic E-state index is 10.5. The Morgan fingerprint density at radius 1 is 1.16 bits per heavy atom. The fourth-order valence-electron chi connectivity index (χ4n) is 1.65. The van der Waals surface area contributed by atoms with Crippen molar-refractivity contribution in [3.63, 3.8) is 0 Å². The number of hydrogen-bond donors (Lipinski definition) is 1. The average molecular weight is 257 g/mol. The molecule has 19 heavy (non-hydrogen) atoms. The van der Waals surface area contributed by atoms with Crippen LogP contribution in [-0.4, -0.2) is 23.0 Å². The molecule has 2 aromatic rings. The van der Waals surface area contributed by atoms with Gasteiger partial charge in [0.05, 0.1) is 0 Å². The number of nitrogens with zero attached hydrogens (tertiary/aromatic N) is 1. The summed E-state index contributed by atoms with van der Waals surface area (Å²) < 4.78 is 5.56. The highest BCUT2D eigenvalue weighted by Crippen LogP contribution is 2.20. The Hall–Kier alpha value is -2.20. The Bertz CT molecular complexity index is 520. The molecule has 0 atom stereocenters. The molecule has 0 aliphatic heterocycles. The van der Waals surface area contributed by atoms with Crippen molar-refractivity contribution in [1.29, 1.82) is 0 Å². The molecule has 1 aromatic carbocycles. The van der Waals surface area contributed by atoms with E-state index in [9.17, 15) is 4.79 Å². The molecule has 0 unspecified atom stereocenters. The minimum atomic E-state index is 0.200. The van der Waals surface area contributed by atoms with Gasteiger partial charge in [-0.15, -0.1) is 0 Å². The molecule has 0 saturated carbocycles. The van der Waals surface area contributed by atoms with Crippen molar-refractivity contribution in [2.45, 2.75) is 12.8 Å². The number of aryl methyl sites for hydroxylation is 1. The number of rotatable bonds is 6. The molecular weight excluding hydrogens is 242 g/mol. The van der Waals surface area contributed by atoms with E-state index in [4.69, 9.17) is 9.84 Å². The fraction of sp³-hybridized carbons (Fsp3) is 0.200. The third-order valence-corrected chi connectivity index (χ3v) is 2.66. The van der Waals surface area contributed by atoms with Crippen LogP contribution in [0.3, 0.4) is 0 Å². The Labute approximate surface area is 111 Å². The molecule has 98 valence electrons. The van der Waals surface area contributed by atoms with E-state index in [1.54, 1.807) is 12.1 Å². The summed E-state index contributed by atoms with van der Waals surface area (Å²) in [6.45, 7) is 0.200. The van der Waals surface area contributed by atoms with Crippen LogP contribution in [0.25, 0.3) is 0 Å². The molecule has 0 aliphatic rings. The van der Waals surface area contributed by atoms with E-state index in [1.807, 2.05) is 24.3 Å². The van der Waals surface area contributed by atoms with Crippen molar-refractivity contribution in [2.24, 2.45) is 0 Å². The van der Waals surface area contributed by atoms with Gasteiger partial charge >= 0.3 is 0 Å². The first kappa shape index (κ1) is 13.2. The van der Waals surface area contributed by atoms with Crippen molar-refractivity contribution in [2.75, 3.05) is 6.61 Å². The lowest BCUT2D eigenvalue weighted by Gasteiger charge is -2.05. The lowest BCUT2D eigenvalue weighted by molar-refractivity contribution is 0.112. The molecule has 0 fully saturated rings. The smallest absolute Gasteiger partial charge is 0.219 e. The van der Waals surface area contributed by atoms with Gasteiger partial charge in [0, 0.05) is 24.4 Å². The summed E-state index contributed by atoms with van der Waals surface area (Å²) in [5, 5.41) is 8.76. The third kappa shape index (κ3) is 3.89. The minimum Gasteiger partial charge on any atom is -0.439 e. The fourth-order valence-corrected chi connectivity index (χ4v) is 1.65. The summed E-state index contributed by atoms with van der Waals surface area (Å²) in [5.41, 5.74) is 1.68. The molecule has 0 amide bonds. The van der Waals surface area contributed by atoms with Gasteiger partial charge in [-0.1, -0.05) is 12.1 Å². The van der Waals surface area contributed by atoms with E-state index < -0.39 is 0 Å².